The van der Waals surface area contributed by atoms with E-state index < -0.39 is 70.8 Å². The van der Waals surface area contributed by atoms with Crippen molar-refractivity contribution in [3.8, 4) is 0 Å². The van der Waals surface area contributed by atoms with Gasteiger partial charge in [0.2, 0.25) is 12.4 Å². The van der Waals surface area contributed by atoms with E-state index in [0.29, 0.717) is 12.8 Å². The monoisotopic (exact) mass is 434 g/mol. The van der Waals surface area contributed by atoms with Crippen LogP contribution in [0.25, 0.3) is 0 Å². The molecule has 0 N–H and O–H groups in total. The molecule has 0 radical (unpaired) electrons. The first kappa shape index (κ1) is 19.5. The molecule has 2 saturated carbocycles. The van der Waals surface area contributed by atoms with E-state index >= 15 is 0 Å². The second-order valence-corrected chi connectivity index (χ2v) is 11.1. The Kier molecular flexibility index (Phi) is 3.30. The number of fused-ring (bicyclic) bond motifs is 1. The van der Waals surface area contributed by atoms with Gasteiger partial charge in [0, 0.05) is 12.8 Å². The molecule has 31 heavy (non-hydrogen) atoms. The Labute approximate surface area is 179 Å². The van der Waals surface area contributed by atoms with Crippen molar-refractivity contribution in [1.29, 1.82) is 0 Å². The van der Waals surface area contributed by atoms with Crippen molar-refractivity contribution in [2.45, 2.75) is 77.7 Å². The summed E-state index contributed by atoms with van der Waals surface area (Å²) in [6.45, 7) is 9.14. The number of carbonyl (C=O) groups is 4. The SMILES string of the molecule is CC(=O)O[C@H]1C(=O)OC2O[C@@]34C(=O)OC5C[C@@H](C(C)(C)C)C21[C@@]53C[C@@H]1OC(=O)[C@H](C)[C@@H]14. The minimum Gasteiger partial charge on any atom is -0.462 e. The zero-order valence-corrected chi connectivity index (χ0v) is 18.1. The molecule has 0 aromatic heterocycles. The lowest BCUT2D eigenvalue weighted by molar-refractivity contribution is -0.206. The third-order valence-electron chi connectivity index (χ3n) is 9.02. The first-order valence-electron chi connectivity index (χ1n) is 10.9. The van der Waals surface area contributed by atoms with Crippen LogP contribution in [-0.2, 0) is 42.9 Å². The van der Waals surface area contributed by atoms with Crippen molar-refractivity contribution in [3.05, 3.63) is 0 Å². The van der Waals surface area contributed by atoms with Crippen molar-refractivity contribution < 1.29 is 42.9 Å². The molecule has 6 aliphatic rings. The van der Waals surface area contributed by atoms with Crippen LogP contribution >= 0.6 is 0 Å². The smallest absolute Gasteiger partial charge is 0.350 e. The molecule has 0 bridgehead atoms. The minimum absolute atomic E-state index is 0.203. The van der Waals surface area contributed by atoms with Gasteiger partial charge in [0.1, 0.15) is 12.2 Å². The summed E-state index contributed by atoms with van der Waals surface area (Å²) in [5.41, 5.74) is -3.91. The van der Waals surface area contributed by atoms with Gasteiger partial charge in [-0.05, 0) is 24.2 Å². The van der Waals surface area contributed by atoms with E-state index in [9.17, 15) is 19.2 Å². The average molecular weight is 434 g/mol. The van der Waals surface area contributed by atoms with Crippen molar-refractivity contribution >= 4 is 23.9 Å². The topological polar surface area (TPSA) is 114 Å². The van der Waals surface area contributed by atoms with Gasteiger partial charge >= 0.3 is 23.9 Å². The maximum absolute atomic E-state index is 13.5. The van der Waals surface area contributed by atoms with Crippen LogP contribution in [0.2, 0.25) is 0 Å². The van der Waals surface area contributed by atoms with Crippen LogP contribution in [0.15, 0.2) is 0 Å². The fourth-order valence-corrected chi connectivity index (χ4v) is 8.38. The van der Waals surface area contributed by atoms with Gasteiger partial charge < -0.3 is 23.7 Å². The molecular weight excluding hydrogens is 408 g/mol. The summed E-state index contributed by atoms with van der Waals surface area (Å²) in [5, 5.41) is 0. The zero-order chi connectivity index (χ0) is 22.3. The van der Waals surface area contributed by atoms with Gasteiger partial charge in [-0.25, -0.2) is 9.59 Å². The molecule has 9 nitrogen and oxygen atoms in total. The van der Waals surface area contributed by atoms with Gasteiger partial charge in [0.25, 0.3) is 0 Å². The van der Waals surface area contributed by atoms with E-state index in [1.54, 1.807) is 6.92 Å². The molecule has 4 aliphatic heterocycles. The summed E-state index contributed by atoms with van der Waals surface area (Å²) in [5.74, 6) is -3.49. The van der Waals surface area contributed by atoms with Crippen LogP contribution in [0.5, 0.6) is 0 Å². The molecule has 2 aliphatic carbocycles. The van der Waals surface area contributed by atoms with E-state index in [2.05, 4.69) is 20.8 Å². The predicted octanol–water partition coefficient (Wildman–Crippen LogP) is 1.12. The third-order valence-corrected chi connectivity index (χ3v) is 9.02. The number of ether oxygens (including phenoxy) is 5. The Hall–Kier alpha value is -2.16. The first-order chi connectivity index (χ1) is 14.4. The number of hydrogen-bond acceptors (Lipinski definition) is 9. The molecule has 10 atom stereocenters. The highest BCUT2D eigenvalue weighted by atomic mass is 16.8. The van der Waals surface area contributed by atoms with Crippen LogP contribution < -0.4 is 0 Å². The molecule has 3 unspecified atom stereocenters. The molecule has 2 spiro atoms. The van der Waals surface area contributed by atoms with Gasteiger partial charge in [-0.2, -0.15) is 0 Å². The Morgan fingerprint density at radius 1 is 1.10 bits per heavy atom. The maximum Gasteiger partial charge on any atom is 0.350 e. The van der Waals surface area contributed by atoms with Crippen LogP contribution in [0, 0.1) is 34.0 Å². The van der Waals surface area contributed by atoms with Crippen molar-refractivity contribution in [2.75, 3.05) is 0 Å². The predicted molar refractivity (Wildman–Crippen MR) is 98.7 cm³/mol. The molecule has 9 heteroatoms. The molecule has 0 amide bonds. The summed E-state index contributed by atoms with van der Waals surface area (Å²) in [7, 11) is 0. The van der Waals surface area contributed by atoms with E-state index in [1.807, 2.05) is 0 Å². The third kappa shape index (κ3) is 1.72. The van der Waals surface area contributed by atoms with Gasteiger partial charge in [-0.15, -0.1) is 0 Å². The van der Waals surface area contributed by atoms with Crippen molar-refractivity contribution in [1.82, 2.24) is 0 Å². The van der Waals surface area contributed by atoms with Crippen LogP contribution in [-0.4, -0.2) is 54.1 Å². The Balaban J connectivity index is 1.64. The molecule has 0 aromatic carbocycles. The van der Waals surface area contributed by atoms with E-state index in [0.717, 1.165) is 0 Å². The molecule has 6 fully saturated rings. The molecule has 4 saturated heterocycles. The quantitative estimate of drug-likeness (QED) is 0.442. The standard InChI is InChI=1S/C22H26O9/c1-8-13-10(28-15(8)24)7-20-12-6-11(19(3,4)5)21(20)14(27-9(2)23)16(25)30-18(21)31-22(13,20)17(26)29-12/h8,10-14,18H,6-7H2,1-5H3/t8-,10+,11+,12?,13+,14+,18?,20-,21?,22+/m1/s1. The zero-order valence-electron chi connectivity index (χ0n) is 18.1. The second-order valence-electron chi connectivity index (χ2n) is 11.1. The van der Waals surface area contributed by atoms with Crippen LogP contribution in [0.4, 0.5) is 0 Å². The fraction of sp³-hybridized carbons (Fsp3) is 0.818. The highest BCUT2D eigenvalue weighted by Gasteiger charge is 2.98. The van der Waals surface area contributed by atoms with E-state index in [-0.39, 0.29) is 17.3 Å². The molecule has 6 rings (SSSR count). The maximum atomic E-state index is 13.5. The van der Waals surface area contributed by atoms with Crippen molar-refractivity contribution in [2.24, 2.45) is 34.0 Å². The Morgan fingerprint density at radius 3 is 2.45 bits per heavy atom. The van der Waals surface area contributed by atoms with Gasteiger partial charge in [-0.1, -0.05) is 27.7 Å². The molecule has 168 valence electrons. The van der Waals surface area contributed by atoms with Gasteiger partial charge in [0.15, 0.2) is 5.60 Å². The van der Waals surface area contributed by atoms with E-state index in [4.69, 9.17) is 23.7 Å². The van der Waals surface area contributed by atoms with Gasteiger partial charge in [-0.3, -0.25) is 9.59 Å². The number of carbonyl (C=O) groups excluding carboxylic acids is 4. The average Bonchev–Trinajstić information content (AvgIpc) is 3.36. The highest BCUT2D eigenvalue weighted by Crippen LogP contribution is 2.84. The van der Waals surface area contributed by atoms with Gasteiger partial charge in [0.05, 0.1) is 16.7 Å². The fourth-order valence-electron chi connectivity index (χ4n) is 8.38. The summed E-state index contributed by atoms with van der Waals surface area (Å²) in [6.07, 6.45) is -2.55. The largest absolute Gasteiger partial charge is 0.462 e. The molecule has 0 aromatic rings. The number of esters is 4. The first-order valence-corrected chi connectivity index (χ1v) is 10.9. The molecule has 4 heterocycles. The Bertz CT molecular complexity index is 951. The lowest BCUT2D eigenvalue weighted by Gasteiger charge is -2.46. The Morgan fingerprint density at radius 2 is 1.81 bits per heavy atom. The summed E-state index contributed by atoms with van der Waals surface area (Å²) < 4.78 is 29.4. The summed E-state index contributed by atoms with van der Waals surface area (Å²) in [6, 6.07) is 0. The summed E-state index contributed by atoms with van der Waals surface area (Å²) in [4.78, 5) is 50.9. The van der Waals surface area contributed by atoms with Crippen LogP contribution in [0.1, 0.15) is 47.5 Å². The molecular formula is C22H26O9. The van der Waals surface area contributed by atoms with E-state index in [1.165, 1.54) is 6.92 Å². The normalized spacial score (nSPS) is 53.5. The minimum atomic E-state index is -1.47. The number of rotatable bonds is 1. The summed E-state index contributed by atoms with van der Waals surface area (Å²) >= 11 is 0. The number of hydrogen-bond donors (Lipinski definition) is 0. The van der Waals surface area contributed by atoms with Crippen molar-refractivity contribution in [3.63, 3.8) is 0 Å². The highest BCUT2D eigenvalue weighted by molar-refractivity contribution is 5.92. The second kappa shape index (κ2) is 5.24. The lowest BCUT2D eigenvalue weighted by Crippen LogP contribution is -2.60. The van der Waals surface area contributed by atoms with Crippen LogP contribution in [0.3, 0.4) is 0 Å². The lowest BCUT2D eigenvalue weighted by atomic mass is 9.52.